The van der Waals surface area contributed by atoms with Crippen molar-refractivity contribution < 1.29 is 0 Å². The average Bonchev–Trinajstić information content (AvgIpc) is 3.14. The molecule has 0 aromatic carbocycles. The Labute approximate surface area is 342 Å². The fourth-order valence-corrected chi connectivity index (χ4v) is 9.92. The van der Waals surface area contributed by atoms with Crippen molar-refractivity contribution in [3.05, 3.63) is 60.8 Å². The Bertz CT molecular complexity index is 1020. The molecule has 0 amide bonds. The molecule has 1 unspecified atom stereocenters. The van der Waals surface area contributed by atoms with Crippen LogP contribution in [0, 0.1) is 35.0 Å². The van der Waals surface area contributed by atoms with Gasteiger partial charge in [-0.2, -0.15) is 0 Å². The molecule has 0 spiro atoms. The van der Waals surface area contributed by atoms with E-state index in [1.54, 1.807) is 0 Å². The molecular weight excluding hydrogens is 649 g/mol. The van der Waals surface area contributed by atoms with Gasteiger partial charge < -0.3 is 0 Å². The highest BCUT2D eigenvalue weighted by molar-refractivity contribution is 4.99. The van der Waals surface area contributed by atoms with Crippen LogP contribution in [-0.2, 0) is 0 Å². The third kappa shape index (κ3) is 23.7. The summed E-state index contributed by atoms with van der Waals surface area (Å²) in [6.07, 6.45) is 40.7. The molecule has 1 aliphatic rings. The van der Waals surface area contributed by atoms with Crippen LogP contribution in [-0.4, -0.2) is 0 Å². The first kappa shape index (κ1) is 50.7. The minimum atomic E-state index is 0.503. The summed E-state index contributed by atoms with van der Waals surface area (Å²) in [4.78, 5) is 0. The Balaban J connectivity index is 2.08. The summed E-state index contributed by atoms with van der Waals surface area (Å²) < 4.78 is 0. The van der Waals surface area contributed by atoms with Crippen molar-refractivity contribution in [2.24, 2.45) is 35.0 Å². The van der Waals surface area contributed by atoms with E-state index in [1.807, 2.05) is 0 Å². The molecule has 1 aliphatic carbocycles. The highest BCUT2D eigenvalue weighted by atomic mass is 14.4. The Hall–Kier alpha value is -1.30. The molecule has 0 aliphatic heterocycles. The molecule has 6 atom stereocenters. The standard InChI is InChI=1S/C54H98/c1-13-16-20-31-45(6)32-21-17-23-34-47(8)37-27-29-40-54(12,15-3)41-30-28-38-48(9)35-24-18-22-33-46(7)36-25-19-26-39-52-43-51(14-2)49(10)50(11)53(52)42-44(4)5/h49-53H,4,6-9,13-43H2,1-3,5,10-12H3/t49-,50+,51+,52-,53-,54?/m1/s1. The summed E-state index contributed by atoms with van der Waals surface area (Å²) in [5.74, 6) is 4.37. The lowest BCUT2D eigenvalue weighted by atomic mass is 9.60. The molecule has 54 heavy (non-hydrogen) atoms. The molecule has 314 valence electrons. The van der Waals surface area contributed by atoms with E-state index in [4.69, 9.17) is 0 Å². The number of unbranched alkanes of at least 4 members (excludes halogenated alkanes) is 10. The molecular formula is C54H98. The maximum atomic E-state index is 4.46. The Morgan fingerprint density at radius 3 is 1.26 bits per heavy atom. The number of allylic oxidation sites excluding steroid dienone is 5. The minimum Gasteiger partial charge on any atom is -0.100 e. The first-order valence-electron chi connectivity index (χ1n) is 24.2. The van der Waals surface area contributed by atoms with Crippen LogP contribution in [0.15, 0.2) is 60.8 Å². The summed E-state index contributed by atoms with van der Waals surface area (Å²) in [7, 11) is 0. The van der Waals surface area contributed by atoms with Crippen LogP contribution in [0.25, 0.3) is 0 Å². The largest absolute Gasteiger partial charge is 0.100 e. The van der Waals surface area contributed by atoms with Gasteiger partial charge in [0, 0.05) is 0 Å². The smallest absolute Gasteiger partial charge is 0.0292 e. The van der Waals surface area contributed by atoms with Crippen molar-refractivity contribution in [3.8, 4) is 0 Å². The highest BCUT2D eigenvalue weighted by Crippen LogP contribution is 2.47. The molecule has 0 N–H and O–H groups in total. The number of hydrogen-bond donors (Lipinski definition) is 0. The van der Waals surface area contributed by atoms with Gasteiger partial charge in [-0.05, 0) is 170 Å². The van der Waals surface area contributed by atoms with Crippen LogP contribution in [0.2, 0.25) is 0 Å². The third-order valence-electron chi connectivity index (χ3n) is 14.4. The van der Waals surface area contributed by atoms with Gasteiger partial charge in [-0.15, -0.1) is 6.58 Å². The zero-order chi connectivity index (χ0) is 40.2. The van der Waals surface area contributed by atoms with E-state index in [0.29, 0.717) is 5.41 Å². The van der Waals surface area contributed by atoms with Gasteiger partial charge in [0.05, 0.1) is 0 Å². The topological polar surface area (TPSA) is 0 Å². The van der Waals surface area contributed by atoms with Crippen LogP contribution in [0.3, 0.4) is 0 Å². The maximum absolute atomic E-state index is 4.46. The van der Waals surface area contributed by atoms with Crippen LogP contribution in [0.5, 0.6) is 0 Å². The van der Waals surface area contributed by atoms with Gasteiger partial charge in [-0.25, -0.2) is 0 Å². The van der Waals surface area contributed by atoms with Crippen LogP contribution >= 0.6 is 0 Å². The van der Waals surface area contributed by atoms with Crippen molar-refractivity contribution in [1.82, 2.24) is 0 Å². The second kappa shape index (κ2) is 30.8. The van der Waals surface area contributed by atoms with Gasteiger partial charge >= 0.3 is 0 Å². The number of hydrogen-bond acceptors (Lipinski definition) is 0. The molecule has 0 saturated heterocycles. The predicted molar refractivity (Wildman–Crippen MR) is 248 cm³/mol. The minimum absolute atomic E-state index is 0.503. The van der Waals surface area contributed by atoms with Gasteiger partial charge in [-0.3, -0.25) is 0 Å². The molecule has 0 bridgehead atoms. The normalized spacial score (nSPS) is 21.1. The summed E-state index contributed by atoms with van der Waals surface area (Å²) in [6.45, 7) is 38.9. The lowest BCUT2D eigenvalue weighted by Crippen LogP contribution is -2.37. The predicted octanol–water partition coefficient (Wildman–Crippen LogP) is 19.1. The van der Waals surface area contributed by atoms with E-state index in [9.17, 15) is 0 Å². The van der Waals surface area contributed by atoms with Crippen molar-refractivity contribution >= 4 is 0 Å². The fourth-order valence-electron chi connectivity index (χ4n) is 9.92. The Morgan fingerprint density at radius 1 is 0.500 bits per heavy atom. The van der Waals surface area contributed by atoms with E-state index < -0.39 is 0 Å². The summed E-state index contributed by atoms with van der Waals surface area (Å²) in [5, 5.41) is 0. The fraction of sp³-hybridized carbons (Fsp3) is 0.815. The molecule has 0 aromatic heterocycles. The molecule has 0 heterocycles. The van der Waals surface area contributed by atoms with Crippen molar-refractivity contribution in [2.45, 2.75) is 248 Å². The molecule has 1 rings (SSSR count). The lowest BCUT2D eigenvalue weighted by molar-refractivity contribution is 0.0482. The summed E-state index contributed by atoms with van der Waals surface area (Å²) in [6, 6.07) is 0. The Kier molecular flexibility index (Phi) is 28.9. The molecule has 0 heteroatoms. The van der Waals surface area contributed by atoms with E-state index in [2.05, 4.69) is 81.4 Å². The quantitative estimate of drug-likeness (QED) is 0.0442. The summed E-state index contributed by atoms with van der Waals surface area (Å²) in [5.41, 5.74) is 7.82. The second-order valence-corrected chi connectivity index (χ2v) is 19.5. The van der Waals surface area contributed by atoms with Crippen LogP contribution in [0.4, 0.5) is 0 Å². The molecule has 0 aromatic rings. The third-order valence-corrected chi connectivity index (χ3v) is 14.4. The first-order valence-corrected chi connectivity index (χ1v) is 24.2. The molecule has 1 fully saturated rings. The molecule has 0 nitrogen and oxygen atoms in total. The average molecular weight is 747 g/mol. The zero-order valence-corrected chi connectivity index (χ0v) is 38.3. The van der Waals surface area contributed by atoms with Gasteiger partial charge in [-0.1, -0.05) is 166 Å². The van der Waals surface area contributed by atoms with Gasteiger partial charge in [0.15, 0.2) is 0 Å². The lowest BCUT2D eigenvalue weighted by Gasteiger charge is -2.45. The second-order valence-electron chi connectivity index (χ2n) is 19.5. The Morgan fingerprint density at radius 2 is 0.889 bits per heavy atom. The molecule has 0 radical (unpaired) electrons. The maximum Gasteiger partial charge on any atom is -0.0292 e. The van der Waals surface area contributed by atoms with Gasteiger partial charge in [0.2, 0.25) is 0 Å². The summed E-state index contributed by atoms with van der Waals surface area (Å²) >= 11 is 0. The molecule has 1 saturated carbocycles. The van der Waals surface area contributed by atoms with Crippen LogP contribution in [0.1, 0.15) is 248 Å². The van der Waals surface area contributed by atoms with Crippen molar-refractivity contribution in [2.75, 3.05) is 0 Å². The van der Waals surface area contributed by atoms with Gasteiger partial charge in [0.1, 0.15) is 0 Å². The first-order chi connectivity index (χ1) is 25.8. The highest BCUT2D eigenvalue weighted by Gasteiger charge is 2.38. The number of rotatable bonds is 36. The van der Waals surface area contributed by atoms with Crippen LogP contribution < -0.4 is 0 Å². The van der Waals surface area contributed by atoms with Crippen molar-refractivity contribution in [3.63, 3.8) is 0 Å². The zero-order valence-electron chi connectivity index (χ0n) is 38.3. The van der Waals surface area contributed by atoms with Crippen molar-refractivity contribution in [1.29, 1.82) is 0 Å². The van der Waals surface area contributed by atoms with E-state index >= 15 is 0 Å². The van der Waals surface area contributed by atoms with E-state index in [1.165, 1.54) is 227 Å². The SMILES string of the molecule is C=C(C)C[C@H]1[C@H](CCCCCC(=C)CCCCCC(=C)CCCCC(C)(CC)CCCCC(=C)CCCCCC(=C)CCCCC)C[C@H](CC)[C@H](C)[C@@H]1C. The van der Waals surface area contributed by atoms with E-state index in [0.717, 1.165) is 29.6 Å². The van der Waals surface area contributed by atoms with E-state index in [-0.39, 0.29) is 0 Å². The van der Waals surface area contributed by atoms with Gasteiger partial charge in [0.25, 0.3) is 0 Å². The monoisotopic (exact) mass is 747 g/mol.